The van der Waals surface area contributed by atoms with Crippen LogP contribution in [0.5, 0.6) is 0 Å². The van der Waals surface area contributed by atoms with Crippen LogP contribution < -0.4 is 16.0 Å². The number of nitrogens with one attached hydrogen (secondary N) is 3. The van der Waals surface area contributed by atoms with Crippen molar-refractivity contribution in [2.45, 2.75) is 32.2 Å². The molecule has 1 unspecified atom stereocenters. The van der Waals surface area contributed by atoms with Gasteiger partial charge < -0.3 is 16.0 Å². The minimum absolute atomic E-state index is 0.0169. The second-order valence-corrected chi connectivity index (χ2v) is 3.64. The van der Waals surface area contributed by atoms with Crippen molar-refractivity contribution in [2.24, 2.45) is 0 Å². The van der Waals surface area contributed by atoms with E-state index >= 15 is 0 Å². The van der Waals surface area contributed by atoms with Crippen molar-refractivity contribution < 1.29 is 9.59 Å². The van der Waals surface area contributed by atoms with E-state index in [0.29, 0.717) is 19.5 Å². The Hall–Kier alpha value is -1.10. The molecular formula is C10H19N3O2. The van der Waals surface area contributed by atoms with Crippen LogP contribution in [-0.2, 0) is 9.59 Å². The van der Waals surface area contributed by atoms with Crippen molar-refractivity contribution in [3.8, 4) is 0 Å². The molecule has 0 aromatic carbocycles. The van der Waals surface area contributed by atoms with E-state index in [1.54, 1.807) is 6.92 Å². The first-order chi connectivity index (χ1) is 7.24. The van der Waals surface area contributed by atoms with Crippen LogP contribution in [0.25, 0.3) is 0 Å². The van der Waals surface area contributed by atoms with Crippen molar-refractivity contribution in [1.29, 1.82) is 0 Å². The summed E-state index contributed by atoms with van der Waals surface area (Å²) in [6, 6.07) is -0.0353. The van der Waals surface area contributed by atoms with Crippen LogP contribution in [0.2, 0.25) is 0 Å². The van der Waals surface area contributed by atoms with Crippen LogP contribution >= 0.6 is 0 Å². The van der Waals surface area contributed by atoms with E-state index in [4.69, 9.17) is 0 Å². The minimum atomic E-state index is -0.0353. The zero-order valence-electron chi connectivity index (χ0n) is 9.14. The molecule has 0 bridgehead atoms. The molecule has 0 aromatic heterocycles. The number of carbonyl (C=O) groups is 2. The maximum atomic E-state index is 11.5. The van der Waals surface area contributed by atoms with Crippen LogP contribution in [0.1, 0.15) is 26.2 Å². The van der Waals surface area contributed by atoms with Crippen molar-refractivity contribution >= 4 is 11.8 Å². The molecule has 1 rings (SSSR count). The third-order valence-electron chi connectivity index (χ3n) is 2.44. The fraction of sp³-hybridized carbons (Fsp3) is 0.800. The highest BCUT2D eigenvalue weighted by atomic mass is 16.2. The van der Waals surface area contributed by atoms with E-state index < -0.39 is 0 Å². The summed E-state index contributed by atoms with van der Waals surface area (Å²) < 4.78 is 0. The molecule has 5 heteroatoms. The number of carbonyl (C=O) groups excluding carboxylic acids is 2. The number of rotatable bonds is 5. The topological polar surface area (TPSA) is 70.2 Å². The van der Waals surface area contributed by atoms with E-state index in [0.717, 1.165) is 19.4 Å². The Bertz CT molecular complexity index is 225. The molecule has 15 heavy (non-hydrogen) atoms. The molecule has 1 saturated heterocycles. The first-order valence-electron chi connectivity index (χ1n) is 5.52. The van der Waals surface area contributed by atoms with Gasteiger partial charge in [-0.05, 0) is 19.4 Å². The average molecular weight is 213 g/mol. The summed E-state index contributed by atoms with van der Waals surface area (Å²) >= 11 is 0. The van der Waals surface area contributed by atoms with Crippen molar-refractivity contribution in [3.05, 3.63) is 0 Å². The van der Waals surface area contributed by atoms with Crippen LogP contribution in [0.3, 0.4) is 0 Å². The van der Waals surface area contributed by atoms with Crippen LogP contribution in [-0.4, -0.2) is 37.5 Å². The van der Waals surface area contributed by atoms with Gasteiger partial charge in [0.05, 0.1) is 6.04 Å². The van der Waals surface area contributed by atoms with Gasteiger partial charge in [0.15, 0.2) is 0 Å². The molecule has 0 spiro atoms. The van der Waals surface area contributed by atoms with Gasteiger partial charge in [0.25, 0.3) is 0 Å². The number of amides is 2. The molecule has 1 atom stereocenters. The predicted octanol–water partition coefficient (Wildman–Crippen LogP) is -0.619. The lowest BCUT2D eigenvalue weighted by molar-refractivity contribution is -0.123. The highest BCUT2D eigenvalue weighted by Crippen LogP contribution is 2.03. The summed E-state index contributed by atoms with van der Waals surface area (Å²) in [4.78, 5) is 22.3. The Morgan fingerprint density at radius 1 is 1.33 bits per heavy atom. The predicted molar refractivity (Wildman–Crippen MR) is 57.3 cm³/mol. The summed E-state index contributed by atoms with van der Waals surface area (Å²) in [7, 11) is 0. The van der Waals surface area contributed by atoms with E-state index in [9.17, 15) is 9.59 Å². The molecule has 0 radical (unpaired) electrons. The Kier molecular flexibility index (Phi) is 5.10. The lowest BCUT2D eigenvalue weighted by atomic mass is 10.2. The normalized spacial score (nSPS) is 19.9. The second kappa shape index (κ2) is 6.40. The molecule has 1 aliphatic rings. The number of hydrogen-bond donors (Lipinski definition) is 3. The standard InChI is InChI=1S/C10H19N3O2/c1-2-9(14)12-6-7-13-10(15)8-4-3-5-11-8/h8,11H,2-7H2,1H3,(H,12,14)(H,13,15). The van der Waals surface area contributed by atoms with Gasteiger partial charge in [-0.2, -0.15) is 0 Å². The van der Waals surface area contributed by atoms with Gasteiger partial charge >= 0.3 is 0 Å². The first-order valence-corrected chi connectivity index (χ1v) is 5.52. The Labute approximate surface area is 90.0 Å². The van der Waals surface area contributed by atoms with Crippen LogP contribution in [0.15, 0.2) is 0 Å². The Balaban J connectivity index is 2.04. The Morgan fingerprint density at radius 3 is 2.67 bits per heavy atom. The van der Waals surface area contributed by atoms with Gasteiger partial charge in [-0.3, -0.25) is 9.59 Å². The van der Waals surface area contributed by atoms with Crippen molar-refractivity contribution in [2.75, 3.05) is 19.6 Å². The van der Waals surface area contributed by atoms with E-state index in [-0.39, 0.29) is 17.9 Å². The zero-order valence-corrected chi connectivity index (χ0v) is 9.14. The van der Waals surface area contributed by atoms with E-state index in [1.807, 2.05) is 0 Å². The molecule has 86 valence electrons. The van der Waals surface area contributed by atoms with Gasteiger partial charge in [0, 0.05) is 19.5 Å². The molecule has 5 nitrogen and oxygen atoms in total. The first kappa shape index (κ1) is 12.0. The second-order valence-electron chi connectivity index (χ2n) is 3.64. The zero-order chi connectivity index (χ0) is 11.1. The summed E-state index contributed by atoms with van der Waals surface area (Å²) in [6.45, 7) is 3.73. The van der Waals surface area contributed by atoms with Gasteiger partial charge in [-0.15, -0.1) is 0 Å². The van der Waals surface area contributed by atoms with Gasteiger partial charge in [-0.1, -0.05) is 6.92 Å². The molecule has 0 aliphatic carbocycles. The summed E-state index contributed by atoms with van der Waals surface area (Å²) in [5.74, 6) is 0.0569. The monoisotopic (exact) mass is 213 g/mol. The van der Waals surface area contributed by atoms with Gasteiger partial charge in [0.1, 0.15) is 0 Å². The third kappa shape index (κ3) is 4.29. The molecule has 2 amide bonds. The van der Waals surface area contributed by atoms with Gasteiger partial charge in [-0.25, -0.2) is 0 Å². The maximum Gasteiger partial charge on any atom is 0.237 e. The number of hydrogen-bond acceptors (Lipinski definition) is 3. The smallest absolute Gasteiger partial charge is 0.237 e. The highest BCUT2D eigenvalue weighted by Gasteiger charge is 2.20. The average Bonchev–Trinajstić information content (AvgIpc) is 2.77. The lowest BCUT2D eigenvalue weighted by Crippen LogP contribution is -2.43. The molecule has 3 N–H and O–H groups in total. The minimum Gasteiger partial charge on any atom is -0.354 e. The van der Waals surface area contributed by atoms with Crippen LogP contribution in [0, 0.1) is 0 Å². The summed E-state index contributed by atoms with van der Waals surface area (Å²) in [6.07, 6.45) is 2.45. The summed E-state index contributed by atoms with van der Waals surface area (Å²) in [5, 5.41) is 8.61. The van der Waals surface area contributed by atoms with Crippen molar-refractivity contribution in [1.82, 2.24) is 16.0 Å². The molecule has 0 aromatic rings. The quantitative estimate of drug-likeness (QED) is 0.533. The molecule has 1 fully saturated rings. The fourth-order valence-electron chi connectivity index (χ4n) is 1.54. The lowest BCUT2D eigenvalue weighted by Gasteiger charge is -2.11. The maximum absolute atomic E-state index is 11.5. The summed E-state index contributed by atoms with van der Waals surface area (Å²) in [5.41, 5.74) is 0. The van der Waals surface area contributed by atoms with E-state index in [2.05, 4.69) is 16.0 Å². The molecule has 0 saturated carbocycles. The van der Waals surface area contributed by atoms with Crippen LogP contribution in [0.4, 0.5) is 0 Å². The SMILES string of the molecule is CCC(=O)NCCNC(=O)C1CCCN1. The largest absolute Gasteiger partial charge is 0.354 e. The molecule has 1 heterocycles. The highest BCUT2D eigenvalue weighted by molar-refractivity contribution is 5.82. The van der Waals surface area contributed by atoms with Gasteiger partial charge in [0.2, 0.25) is 11.8 Å². The fourth-order valence-corrected chi connectivity index (χ4v) is 1.54. The molecule has 1 aliphatic heterocycles. The van der Waals surface area contributed by atoms with Crippen molar-refractivity contribution in [3.63, 3.8) is 0 Å². The third-order valence-corrected chi connectivity index (χ3v) is 2.44. The molecular weight excluding hydrogens is 194 g/mol. The van der Waals surface area contributed by atoms with E-state index in [1.165, 1.54) is 0 Å². The Morgan fingerprint density at radius 2 is 2.07 bits per heavy atom.